The molecular formula is C28H23N3O4S2. The second kappa shape index (κ2) is 11.0. The van der Waals surface area contributed by atoms with Crippen molar-refractivity contribution in [2.24, 2.45) is 7.05 Å². The quantitative estimate of drug-likeness (QED) is 0.170. The molecule has 1 aliphatic rings. The number of amides is 1. The highest BCUT2D eigenvalue weighted by molar-refractivity contribution is 8.26. The van der Waals surface area contributed by atoms with Gasteiger partial charge in [0.05, 0.1) is 35.6 Å². The molecule has 4 aromatic rings. The molecule has 2 aromatic carbocycles. The van der Waals surface area contributed by atoms with Gasteiger partial charge in [-0.1, -0.05) is 66.4 Å². The third-order valence-corrected chi connectivity index (χ3v) is 7.09. The van der Waals surface area contributed by atoms with E-state index in [1.165, 1.54) is 11.8 Å². The Labute approximate surface area is 223 Å². The molecular weight excluding hydrogens is 506 g/mol. The zero-order chi connectivity index (χ0) is 25.8. The van der Waals surface area contributed by atoms with Crippen LogP contribution in [0.3, 0.4) is 0 Å². The van der Waals surface area contributed by atoms with Gasteiger partial charge in [-0.25, -0.2) is 9.78 Å². The highest BCUT2D eigenvalue weighted by atomic mass is 32.2. The molecule has 186 valence electrons. The number of esters is 1. The van der Waals surface area contributed by atoms with E-state index in [1.807, 2.05) is 54.2 Å². The Balaban J connectivity index is 1.20. The molecule has 0 bridgehead atoms. The Morgan fingerprint density at radius 3 is 2.62 bits per heavy atom. The Morgan fingerprint density at radius 2 is 1.89 bits per heavy atom. The van der Waals surface area contributed by atoms with E-state index in [4.69, 9.17) is 21.4 Å². The van der Waals surface area contributed by atoms with Crippen LogP contribution in [0.4, 0.5) is 0 Å². The Kier molecular flexibility index (Phi) is 7.34. The van der Waals surface area contributed by atoms with Crippen molar-refractivity contribution in [1.82, 2.24) is 14.5 Å². The molecule has 0 spiro atoms. The molecule has 37 heavy (non-hydrogen) atoms. The standard InChI is InChI=1S/C28H23N3O4S2/c1-30-17-22(29-18-30)13-14-34-27(33)21-9-7-20(8-10-21)24-12-11-23(35-24)15-25-26(32)31(28(36)37-25)16-19-5-3-2-4-6-19/h2-12,15,17-18H,13-14,16H2,1H3/b25-15+. The van der Waals surface area contributed by atoms with E-state index in [0.29, 0.717) is 39.3 Å². The van der Waals surface area contributed by atoms with Gasteiger partial charge in [-0.3, -0.25) is 9.69 Å². The van der Waals surface area contributed by atoms with E-state index in [9.17, 15) is 9.59 Å². The molecule has 0 aliphatic carbocycles. The first kappa shape index (κ1) is 24.7. The fraction of sp³-hybridized carbons (Fsp3) is 0.143. The highest BCUT2D eigenvalue weighted by Crippen LogP contribution is 2.34. The van der Waals surface area contributed by atoms with Crippen molar-refractivity contribution in [1.29, 1.82) is 0 Å². The number of thiocarbonyl (C=S) groups is 1. The number of benzene rings is 2. The number of hydrogen-bond acceptors (Lipinski definition) is 7. The van der Waals surface area contributed by atoms with Crippen LogP contribution in [-0.2, 0) is 29.5 Å². The lowest BCUT2D eigenvalue weighted by Gasteiger charge is -2.14. The van der Waals surface area contributed by atoms with Gasteiger partial charge >= 0.3 is 5.97 Å². The van der Waals surface area contributed by atoms with Gasteiger partial charge in [0.25, 0.3) is 5.91 Å². The summed E-state index contributed by atoms with van der Waals surface area (Å²) in [6.07, 6.45) is 5.88. The maximum absolute atomic E-state index is 12.9. The number of ether oxygens (including phenoxy) is 1. The normalized spacial score (nSPS) is 14.5. The second-order valence-electron chi connectivity index (χ2n) is 8.45. The topological polar surface area (TPSA) is 77.6 Å². The molecule has 0 unspecified atom stereocenters. The van der Waals surface area contributed by atoms with Gasteiger partial charge in [-0.15, -0.1) is 0 Å². The summed E-state index contributed by atoms with van der Waals surface area (Å²) in [5.74, 6) is 0.650. The van der Waals surface area contributed by atoms with E-state index >= 15 is 0 Å². The molecule has 2 aromatic heterocycles. The first-order valence-corrected chi connectivity index (χ1v) is 12.8. The van der Waals surface area contributed by atoms with Crippen LogP contribution in [0.1, 0.15) is 27.4 Å². The molecule has 3 heterocycles. The number of carbonyl (C=O) groups excluding carboxylic acids is 2. The predicted molar refractivity (Wildman–Crippen MR) is 146 cm³/mol. The van der Waals surface area contributed by atoms with Gasteiger partial charge in [0.2, 0.25) is 0 Å². The Bertz CT molecular complexity index is 1470. The van der Waals surface area contributed by atoms with Crippen LogP contribution >= 0.6 is 24.0 Å². The summed E-state index contributed by atoms with van der Waals surface area (Å²) in [4.78, 5) is 31.6. The van der Waals surface area contributed by atoms with Crippen molar-refractivity contribution in [2.75, 3.05) is 6.61 Å². The molecule has 0 atom stereocenters. The predicted octanol–water partition coefficient (Wildman–Crippen LogP) is 5.48. The number of imidazole rings is 1. The summed E-state index contributed by atoms with van der Waals surface area (Å²) in [5, 5.41) is 0. The van der Waals surface area contributed by atoms with E-state index in [-0.39, 0.29) is 18.5 Å². The van der Waals surface area contributed by atoms with Gasteiger partial charge in [-0.2, -0.15) is 0 Å². The lowest BCUT2D eigenvalue weighted by Crippen LogP contribution is -2.27. The fourth-order valence-corrected chi connectivity index (χ4v) is 5.05. The summed E-state index contributed by atoms with van der Waals surface area (Å²) in [7, 11) is 1.89. The number of rotatable bonds is 8. The Hall–Kier alpha value is -3.95. The van der Waals surface area contributed by atoms with E-state index in [2.05, 4.69) is 4.98 Å². The smallest absolute Gasteiger partial charge is 0.338 e. The largest absolute Gasteiger partial charge is 0.462 e. The van der Waals surface area contributed by atoms with Crippen molar-refractivity contribution >= 4 is 46.3 Å². The molecule has 0 radical (unpaired) electrons. The molecule has 0 N–H and O–H groups in total. The third kappa shape index (κ3) is 5.90. The van der Waals surface area contributed by atoms with E-state index in [0.717, 1.165) is 16.8 Å². The van der Waals surface area contributed by atoms with Crippen molar-refractivity contribution in [3.63, 3.8) is 0 Å². The lowest BCUT2D eigenvalue weighted by atomic mass is 10.1. The van der Waals surface area contributed by atoms with Crippen LogP contribution in [0, 0.1) is 0 Å². The number of nitrogens with zero attached hydrogens (tertiary/aromatic N) is 3. The van der Waals surface area contributed by atoms with Crippen molar-refractivity contribution in [3.8, 4) is 11.3 Å². The van der Waals surface area contributed by atoms with E-state index in [1.54, 1.807) is 47.6 Å². The van der Waals surface area contributed by atoms with Crippen LogP contribution in [0.5, 0.6) is 0 Å². The van der Waals surface area contributed by atoms with Crippen LogP contribution in [-0.4, -0.2) is 37.3 Å². The summed E-state index contributed by atoms with van der Waals surface area (Å²) >= 11 is 6.70. The summed E-state index contributed by atoms with van der Waals surface area (Å²) in [6.45, 7) is 0.695. The van der Waals surface area contributed by atoms with E-state index < -0.39 is 0 Å². The average molecular weight is 530 g/mol. The van der Waals surface area contributed by atoms with Crippen molar-refractivity contribution < 1.29 is 18.7 Å². The van der Waals surface area contributed by atoms with Crippen LogP contribution < -0.4 is 0 Å². The molecule has 0 saturated carbocycles. The number of thioether (sulfide) groups is 1. The molecule has 1 aliphatic heterocycles. The minimum atomic E-state index is -0.389. The number of aromatic nitrogens is 2. The number of hydrogen-bond donors (Lipinski definition) is 0. The Morgan fingerprint density at radius 1 is 1.11 bits per heavy atom. The first-order valence-electron chi connectivity index (χ1n) is 11.6. The minimum absolute atomic E-state index is 0.136. The molecule has 5 rings (SSSR count). The number of carbonyl (C=O) groups is 2. The summed E-state index contributed by atoms with van der Waals surface area (Å²) < 4.78 is 13.7. The maximum atomic E-state index is 12.9. The molecule has 1 amide bonds. The van der Waals surface area contributed by atoms with Gasteiger partial charge in [0.15, 0.2) is 0 Å². The van der Waals surface area contributed by atoms with Crippen molar-refractivity contribution in [3.05, 3.63) is 107 Å². The van der Waals surface area contributed by atoms with Crippen LogP contribution in [0.15, 0.2) is 88.6 Å². The van der Waals surface area contributed by atoms with Crippen LogP contribution in [0.2, 0.25) is 0 Å². The van der Waals surface area contributed by atoms with Crippen molar-refractivity contribution in [2.45, 2.75) is 13.0 Å². The molecule has 9 heteroatoms. The summed E-state index contributed by atoms with van der Waals surface area (Å²) in [5.41, 5.74) is 3.15. The van der Waals surface area contributed by atoms with Gasteiger partial charge < -0.3 is 13.7 Å². The number of aryl methyl sites for hydroxylation is 1. The lowest BCUT2D eigenvalue weighted by molar-refractivity contribution is -0.122. The van der Waals surface area contributed by atoms with Gasteiger partial charge in [0.1, 0.15) is 15.8 Å². The summed E-state index contributed by atoms with van der Waals surface area (Å²) in [6, 6.07) is 20.4. The zero-order valence-electron chi connectivity index (χ0n) is 20.0. The highest BCUT2D eigenvalue weighted by Gasteiger charge is 2.32. The van der Waals surface area contributed by atoms with Crippen LogP contribution in [0.25, 0.3) is 17.4 Å². The second-order valence-corrected chi connectivity index (χ2v) is 10.1. The van der Waals surface area contributed by atoms with Gasteiger partial charge in [0, 0.05) is 31.3 Å². The molecule has 7 nitrogen and oxygen atoms in total. The monoisotopic (exact) mass is 529 g/mol. The SMILES string of the molecule is Cn1cnc(CCOC(=O)c2ccc(-c3ccc(/C=C4/SC(=S)N(Cc5ccccc5)C4=O)o3)cc2)c1. The van der Waals surface area contributed by atoms with Gasteiger partial charge in [-0.05, 0) is 29.8 Å². The number of furan rings is 1. The molecule has 1 fully saturated rings. The third-order valence-electron chi connectivity index (χ3n) is 5.71. The average Bonchev–Trinajstić information content (AvgIpc) is 3.61. The minimum Gasteiger partial charge on any atom is -0.462 e. The fourth-order valence-electron chi connectivity index (χ4n) is 3.82. The molecule has 1 saturated heterocycles. The zero-order valence-corrected chi connectivity index (χ0v) is 21.6. The maximum Gasteiger partial charge on any atom is 0.338 e. The first-order chi connectivity index (χ1) is 18.0.